The maximum atomic E-state index is 14.4. The summed E-state index contributed by atoms with van der Waals surface area (Å²) in [6.07, 6.45) is -11.4. The molecule has 0 radical (unpaired) electrons. The molecular formula is C12H20F2O10P2. The molecule has 10 atom stereocenters. The van der Waals surface area contributed by atoms with Crippen molar-refractivity contribution in [2.75, 3.05) is 13.2 Å². The van der Waals surface area contributed by atoms with Crippen LogP contribution in [-0.2, 0) is 36.7 Å². The van der Waals surface area contributed by atoms with Gasteiger partial charge < -0.3 is 19.3 Å². The van der Waals surface area contributed by atoms with Crippen LogP contribution in [0, 0.1) is 0 Å². The van der Waals surface area contributed by atoms with E-state index in [1.807, 2.05) is 0 Å². The summed E-state index contributed by atoms with van der Waals surface area (Å²) in [6, 6.07) is 0. The summed E-state index contributed by atoms with van der Waals surface area (Å²) in [5, 5.41) is 0. The summed E-state index contributed by atoms with van der Waals surface area (Å²) in [6.45, 7) is 1.35. The van der Waals surface area contributed by atoms with E-state index in [4.69, 9.17) is 27.6 Å². The first-order chi connectivity index (χ1) is 12.0. The van der Waals surface area contributed by atoms with Crippen molar-refractivity contribution in [2.24, 2.45) is 0 Å². The van der Waals surface area contributed by atoms with E-state index in [0.29, 0.717) is 0 Å². The lowest BCUT2D eigenvalue weighted by atomic mass is 10.1. The predicted molar refractivity (Wildman–Crippen MR) is 79.8 cm³/mol. The van der Waals surface area contributed by atoms with Gasteiger partial charge in [0.25, 0.3) is 0 Å². The fourth-order valence-electron chi connectivity index (χ4n) is 3.04. The molecule has 3 aliphatic heterocycles. The van der Waals surface area contributed by atoms with E-state index in [2.05, 4.69) is 0 Å². The van der Waals surface area contributed by atoms with Gasteiger partial charge in [0.15, 0.2) is 12.3 Å². The molecule has 152 valence electrons. The lowest BCUT2D eigenvalue weighted by Gasteiger charge is -2.24. The minimum Gasteiger partial charge on any atom is -0.367 e. The third-order valence-corrected chi connectivity index (χ3v) is 6.32. The van der Waals surface area contributed by atoms with Gasteiger partial charge in [-0.25, -0.2) is 17.9 Å². The molecular weight excluding hydrogens is 404 g/mol. The Balaban J connectivity index is 1.85. The minimum atomic E-state index is -4.79. The van der Waals surface area contributed by atoms with Crippen molar-refractivity contribution in [3.8, 4) is 0 Å². The molecule has 3 aliphatic rings. The minimum absolute atomic E-state index is 0.689. The third kappa shape index (κ3) is 4.35. The highest BCUT2D eigenvalue weighted by molar-refractivity contribution is 7.47. The Morgan fingerprint density at radius 2 is 1.31 bits per heavy atom. The number of phosphoric ester groups is 2. The molecule has 3 fully saturated rings. The predicted octanol–water partition coefficient (Wildman–Crippen LogP) is 1.26. The monoisotopic (exact) mass is 424 g/mol. The second kappa shape index (κ2) is 7.44. The van der Waals surface area contributed by atoms with Crippen LogP contribution in [0.3, 0.4) is 0 Å². The molecule has 0 aromatic heterocycles. The van der Waals surface area contributed by atoms with Gasteiger partial charge in [0.1, 0.15) is 24.4 Å². The first-order valence-corrected chi connectivity index (χ1v) is 10.9. The molecule has 2 bridgehead atoms. The van der Waals surface area contributed by atoms with Crippen LogP contribution in [0.25, 0.3) is 0 Å². The molecule has 0 spiro atoms. The summed E-state index contributed by atoms with van der Waals surface area (Å²) >= 11 is 0. The molecule has 14 heteroatoms. The van der Waals surface area contributed by atoms with E-state index in [9.17, 15) is 27.7 Å². The van der Waals surface area contributed by atoms with Gasteiger partial charge >= 0.3 is 15.6 Å². The molecule has 0 aromatic rings. The Bertz CT molecular complexity index is 623. The molecule has 0 aliphatic carbocycles. The zero-order valence-corrected chi connectivity index (χ0v) is 15.6. The standard InChI is InChI=1S/C12H20F2O10P2/c1-5-9(13)12-8(21-5)4-20-25(15,16)23-11-6(2)22-7(10(11)14)3-19-26(17,18)24-12/h5-12H,3-4H2,1-2H3,(H,15,16)(H,17,18). The molecule has 0 aromatic carbocycles. The second-order valence-electron chi connectivity index (χ2n) is 6.32. The molecule has 10 nitrogen and oxygen atoms in total. The molecule has 3 rings (SSSR count). The Morgan fingerprint density at radius 1 is 0.808 bits per heavy atom. The molecule has 2 N–H and O–H groups in total. The third-order valence-electron chi connectivity index (χ3n) is 4.35. The van der Waals surface area contributed by atoms with E-state index in [1.165, 1.54) is 13.8 Å². The molecule has 3 heterocycles. The topological polar surface area (TPSA) is 130 Å². The second-order valence-corrected chi connectivity index (χ2v) is 9.13. The highest BCUT2D eigenvalue weighted by atomic mass is 31.2. The Morgan fingerprint density at radius 3 is 1.92 bits per heavy atom. The maximum Gasteiger partial charge on any atom is 0.472 e. The lowest BCUT2D eigenvalue weighted by molar-refractivity contribution is -0.0380. The maximum absolute atomic E-state index is 14.4. The summed E-state index contributed by atoms with van der Waals surface area (Å²) in [5.74, 6) is 0. The van der Waals surface area contributed by atoms with Crippen LogP contribution in [0.15, 0.2) is 0 Å². The first kappa shape index (κ1) is 20.7. The number of ether oxygens (including phenoxy) is 2. The van der Waals surface area contributed by atoms with Crippen molar-refractivity contribution in [1.82, 2.24) is 0 Å². The normalized spacial score (nSPS) is 56.2. The van der Waals surface area contributed by atoms with E-state index in [0.717, 1.165) is 0 Å². The highest BCUT2D eigenvalue weighted by Crippen LogP contribution is 2.52. The number of alkyl halides is 2. The van der Waals surface area contributed by atoms with E-state index >= 15 is 0 Å². The summed E-state index contributed by atoms with van der Waals surface area (Å²) in [5.41, 5.74) is 0. The number of hydrogen-bond acceptors (Lipinski definition) is 8. The quantitative estimate of drug-likeness (QED) is 0.548. The summed E-state index contributed by atoms with van der Waals surface area (Å²) in [4.78, 5) is 19.6. The number of halogens is 2. The molecule has 3 saturated heterocycles. The van der Waals surface area contributed by atoms with Gasteiger partial charge in [-0.3, -0.25) is 18.1 Å². The van der Waals surface area contributed by atoms with Crippen molar-refractivity contribution >= 4 is 15.6 Å². The van der Waals surface area contributed by atoms with Gasteiger partial charge in [-0.1, -0.05) is 0 Å². The fraction of sp³-hybridized carbons (Fsp3) is 1.00. The fourth-order valence-corrected chi connectivity index (χ4v) is 4.99. The Hall–Kier alpha value is -0.000000000000000111. The van der Waals surface area contributed by atoms with Crippen LogP contribution in [-0.4, -0.2) is 72.0 Å². The van der Waals surface area contributed by atoms with Gasteiger partial charge in [-0.05, 0) is 13.8 Å². The van der Waals surface area contributed by atoms with Crippen LogP contribution < -0.4 is 0 Å². The average Bonchev–Trinajstić information content (AvgIpc) is 2.95. The average molecular weight is 424 g/mol. The molecule has 26 heavy (non-hydrogen) atoms. The largest absolute Gasteiger partial charge is 0.472 e. The van der Waals surface area contributed by atoms with Crippen LogP contribution >= 0.6 is 15.6 Å². The Labute approximate surface area is 147 Å². The summed E-state index contributed by atoms with van der Waals surface area (Å²) in [7, 11) is -9.54. The van der Waals surface area contributed by atoms with Gasteiger partial charge in [-0.15, -0.1) is 0 Å². The van der Waals surface area contributed by atoms with Gasteiger partial charge in [0.05, 0.1) is 25.4 Å². The number of hydrogen-bond donors (Lipinski definition) is 2. The van der Waals surface area contributed by atoms with Gasteiger partial charge in [0.2, 0.25) is 0 Å². The van der Waals surface area contributed by atoms with Crippen molar-refractivity contribution in [3.05, 3.63) is 0 Å². The van der Waals surface area contributed by atoms with Crippen molar-refractivity contribution in [1.29, 1.82) is 0 Å². The lowest BCUT2D eigenvalue weighted by Crippen LogP contribution is -2.34. The van der Waals surface area contributed by atoms with Crippen LogP contribution in [0.2, 0.25) is 0 Å². The first-order valence-electron chi connectivity index (χ1n) is 7.89. The van der Waals surface area contributed by atoms with Crippen molar-refractivity contribution in [3.63, 3.8) is 0 Å². The van der Waals surface area contributed by atoms with Gasteiger partial charge in [-0.2, -0.15) is 0 Å². The van der Waals surface area contributed by atoms with Gasteiger partial charge in [0, 0.05) is 0 Å². The molecule has 10 unspecified atom stereocenters. The van der Waals surface area contributed by atoms with Crippen LogP contribution in [0.5, 0.6) is 0 Å². The molecule has 0 amide bonds. The van der Waals surface area contributed by atoms with E-state index in [-0.39, 0.29) is 0 Å². The summed E-state index contributed by atoms with van der Waals surface area (Å²) < 4.78 is 82.3. The molecule has 0 saturated carbocycles. The Kier molecular flexibility index (Phi) is 5.93. The van der Waals surface area contributed by atoms with Crippen LogP contribution in [0.4, 0.5) is 8.78 Å². The number of phosphoric acid groups is 2. The van der Waals surface area contributed by atoms with Crippen molar-refractivity contribution in [2.45, 2.75) is 62.8 Å². The number of rotatable bonds is 0. The zero-order chi connectivity index (χ0) is 19.3. The van der Waals surface area contributed by atoms with Crippen LogP contribution in [0.1, 0.15) is 13.8 Å². The SMILES string of the molecule is CC1OC2COP(=O)(O)OC3C(C)OC(COP(=O)(O)OC2C1F)C3F. The smallest absolute Gasteiger partial charge is 0.367 e. The van der Waals surface area contributed by atoms with Crippen molar-refractivity contribution < 1.29 is 55.3 Å². The zero-order valence-electron chi connectivity index (χ0n) is 13.8. The van der Waals surface area contributed by atoms with E-state index in [1.54, 1.807) is 0 Å². The number of fused-ring (bicyclic) bond motifs is 3. The van der Waals surface area contributed by atoms with E-state index < -0.39 is 77.8 Å². The highest BCUT2D eigenvalue weighted by Gasteiger charge is 2.52.